The fourth-order valence-electron chi connectivity index (χ4n) is 1.73. The van der Waals surface area contributed by atoms with Crippen LogP contribution < -0.4 is 5.32 Å². The number of amides is 1. The Morgan fingerprint density at radius 2 is 1.95 bits per heavy atom. The maximum absolute atomic E-state index is 11.9. The van der Waals surface area contributed by atoms with Crippen molar-refractivity contribution in [1.82, 2.24) is 0 Å². The minimum absolute atomic E-state index is 0.148. The molecule has 0 spiro atoms. The van der Waals surface area contributed by atoms with Crippen molar-refractivity contribution in [3.63, 3.8) is 0 Å². The first-order chi connectivity index (χ1) is 9.17. The van der Waals surface area contributed by atoms with Crippen molar-refractivity contribution in [2.24, 2.45) is 0 Å². The van der Waals surface area contributed by atoms with Crippen molar-refractivity contribution in [3.05, 3.63) is 64.7 Å². The quantitative estimate of drug-likeness (QED) is 0.869. The largest absolute Gasteiger partial charge is 0.326 e. The van der Waals surface area contributed by atoms with Crippen molar-refractivity contribution in [3.8, 4) is 0 Å². The number of aldehydes is 1. The third-order valence-electron chi connectivity index (χ3n) is 2.56. The van der Waals surface area contributed by atoms with E-state index in [-0.39, 0.29) is 12.3 Å². The SMILES string of the molecule is O=Cc1cccc(NC(=O)Cc2cccc(Cl)c2)c1. The molecule has 0 saturated carbocycles. The Morgan fingerprint density at radius 1 is 1.16 bits per heavy atom. The molecule has 0 fully saturated rings. The average Bonchev–Trinajstić information content (AvgIpc) is 2.38. The molecule has 0 bridgehead atoms. The lowest BCUT2D eigenvalue weighted by molar-refractivity contribution is -0.115. The van der Waals surface area contributed by atoms with Crippen LogP contribution in [0.15, 0.2) is 48.5 Å². The summed E-state index contributed by atoms with van der Waals surface area (Å²) in [5.74, 6) is -0.148. The van der Waals surface area contributed by atoms with Crippen LogP contribution in [0.1, 0.15) is 15.9 Å². The Hall–Kier alpha value is -2.13. The van der Waals surface area contributed by atoms with Crippen LogP contribution in [0, 0.1) is 0 Å². The third-order valence-corrected chi connectivity index (χ3v) is 2.80. The topological polar surface area (TPSA) is 46.2 Å². The van der Waals surface area contributed by atoms with Crippen molar-refractivity contribution in [1.29, 1.82) is 0 Å². The molecule has 0 unspecified atom stereocenters. The summed E-state index contributed by atoms with van der Waals surface area (Å²) in [4.78, 5) is 22.5. The molecule has 0 saturated heterocycles. The summed E-state index contributed by atoms with van der Waals surface area (Å²) >= 11 is 5.86. The molecule has 4 heteroatoms. The van der Waals surface area contributed by atoms with Gasteiger partial charge >= 0.3 is 0 Å². The summed E-state index contributed by atoms with van der Waals surface area (Å²) in [6, 6.07) is 13.9. The van der Waals surface area contributed by atoms with Crippen LogP contribution in [0.2, 0.25) is 5.02 Å². The first-order valence-electron chi connectivity index (χ1n) is 5.77. The van der Waals surface area contributed by atoms with Crippen molar-refractivity contribution in [2.75, 3.05) is 5.32 Å². The minimum Gasteiger partial charge on any atom is -0.326 e. The van der Waals surface area contributed by atoms with Gasteiger partial charge in [0, 0.05) is 16.3 Å². The van der Waals surface area contributed by atoms with Crippen LogP contribution in [-0.2, 0) is 11.2 Å². The Labute approximate surface area is 116 Å². The minimum atomic E-state index is -0.148. The molecule has 0 aliphatic carbocycles. The Kier molecular flexibility index (Phi) is 4.31. The summed E-state index contributed by atoms with van der Waals surface area (Å²) in [7, 11) is 0. The van der Waals surface area contributed by atoms with Crippen LogP contribution >= 0.6 is 11.6 Å². The highest BCUT2D eigenvalue weighted by Crippen LogP contribution is 2.13. The van der Waals surface area contributed by atoms with Gasteiger partial charge in [0.2, 0.25) is 5.91 Å². The van der Waals surface area contributed by atoms with Gasteiger partial charge in [-0.15, -0.1) is 0 Å². The fraction of sp³-hybridized carbons (Fsp3) is 0.0667. The van der Waals surface area contributed by atoms with Gasteiger partial charge in [0.15, 0.2) is 0 Å². The molecule has 0 heterocycles. The highest BCUT2D eigenvalue weighted by atomic mass is 35.5. The standard InChI is InChI=1S/C15H12ClNO2/c16-13-5-1-3-11(7-13)9-15(19)17-14-6-2-4-12(8-14)10-18/h1-8,10H,9H2,(H,17,19). The van der Waals surface area contributed by atoms with Crippen LogP contribution in [-0.4, -0.2) is 12.2 Å². The molecule has 2 aromatic carbocycles. The smallest absolute Gasteiger partial charge is 0.228 e. The number of halogens is 1. The number of carbonyl (C=O) groups is 2. The third kappa shape index (κ3) is 3.93. The van der Waals surface area contributed by atoms with E-state index in [0.717, 1.165) is 11.8 Å². The molecule has 2 aromatic rings. The van der Waals surface area contributed by atoms with E-state index < -0.39 is 0 Å². The van der Waals surface area contributed by atoms with Gasteiger partial charge in [-0.05, 0) is 29.8 Å². The van der Waals surface area contributed by atoms with E-state index in [1.165, 1.54) is 0 Å². The summed E-state index contributed by atoms with van der Waals surface area (Å²) in [5, 5.41) is 3.35. The number of anilines is 1. The van der Waals surface area contributed by atoms with Gasteiger partial charge < -0.3 is 5.32 Å². The molecule has 19 heavy (non-hydrogen) atoms. The van der Waals surface area contributed by atoms with E-state index in [9.17, 15) is 9.59 Å². The molecule has 0 radical (unpaired) electrons. The zero-order chi connectivity index (χ0) is 13.7. The maximum Gasteiger partial charge on any atom is 0.228 e. The first-order valence-corrected chi connectivity index (χ1v) is 6.15. The van der Waals surface area contributed by atoms with Crippen LogP contribution in [0.3, 0.4) is 0 Å². The lowest BCUT2D eigenvalue weighted by atomic mass is 10.1. The number of hydrogen-bond acceptors (Lipinski definition) is 2. The van der Waals surface area contributed by atoms with E-state index in [1.54, 1.807) is 42.5 Å². The Balaban J connectivity index is 2.03. The van der Waals surface area contributed by atoms with E-state index in [2.05, 4.69) is 5.32 Å². The van der Waals surface area contributed by atoms with Gasteiger partial charge in [0.05, 0.1) is 6.42 Å². The molecule has 2 rings (SSSR count). The summed E-state index contributed by atoms with van der Waals surface area (Å²) in [6.07, 6.45) is 0.985. The second kappa shape index (κ2) is 6.16. The Bertz CT molecular complexity index is 611. The molecule has 3 nitrogen and oxygen atoms in total. The summed E-state index contributed by atoms with van der Waals surface area (Å²) < 4.78 is 0. The van der Waals surface area contributed by atoms with Crippen LogP contribution in [0.4, 0.5) is 5.69 Å². The van der Waals surface area contributed by atoms with Gasteiger partial charge in [-0.3, -0.25) is 9.59 Å². The van der Waals surface area contributed by atoms with Gasteiger partial charge in [-0.1, -0.05) is 35.9 Å². The van der Waals surface area contributed by atoms with Gasteiger partial charge in [-0.2, -0.15) is 0 Å². The van der Waals surface area contributed by atoms with Crippen molar-refractivity contribution >= 4 is 29.5 Å². The number of benzene rings is 2. The number of nitrogens with one attached hydrogen (secondary N) is 1. The molecular weight excluding hydrogens is 262 g/mol. The second-order valence-corrected chi connectivity index (χ2v) is 4.53. The van der Waals surface area contributed by atoms with Gasteiger partial charge in [0.25, 0.3) is 0 Å². The molecule has 96 valence electrons. The average molecular weight is 274 g/mol. The molecule has 1 N–H and O–H groups in total. The highest BCUT2D eigenvalue weighted by Gasteiger charge is 2.05. The monoisotopic (exact) mass is 273 g/mol. The van der Waals surface area contributed by atoms with Crippen molar-refractivity contribution < 1.29 is 9.59 Å². The zero-order valence-electron chi connectivity index (χ0n) is 10.1. The molecule has 1 amide bonds. The normalized spacial score (nSPS) is 9.95. The molecule has 0 aliphatic rings. The lowest BCUT2D eigenvalue weighted by Gasteiger charge is -2.06. The van der Waals surface area contributed by atoms with E-state index in [0.29, 0.717) is 16.3 Å². The summed E-state index contributed by atoms with van der Waals surface area (Å²) in [5.41, 5.74) is 1.98. The molecule has 0 aromatic heterocycles. The highest BCUT2D eigenvalue weighted by molar-refractivity contribution is 6.30. The van der Waals surface area contributed by atoms with Gasteiger partial charge in [-0.25, -0.2) is 0 Å². The van der Waals surface area contributed by atoms with E-state index >= 15 is 0 Å². The van der Waals surface area contributed by atoms with E-state index in [4.69, 9.17) is 11.6 Å². The lowest BCUT2D eigenvalue weighted by Crippen LogP contribution is -2.14. The second-order valence-electron chi connectivity index (χ2n) is 4.10. The maximum atomic E-state index is 11.9. The van der Waals surface area contributed by atoms with Crippen LogP contribution in [0.5, 0.6) is 0 Å². The number of carbonyl (C=O) groups excluding carboxylic acids is 2. The number of rotatable bonds is 4. The predicted octanol–water partition coefficient (Wildman–Crippen LogP) is 3.33. The summed E-state index contributed by atoms with van der Waals surface area (Å²) in [6.45, 7) is 0. The fourth-order valence-corrected chi connectivity index (χ4v) is 1.94. The first kappa shape index (κ1) is 13.3. The molecular formula is C15H12ClNO2. The number of hydrogen-bond donors (Lipinski definition) is 1. The predicted molar refractivity (Wildman–Crippen MR) is 75.6 cm³/mol. The van der Waals surface area contributed by atoms with E-state index in [1.807, 2.05) is 6.07 Å². The Morgan fingerprint density at radius 3 is 2.68 bits per heavy atom. The molecule has 0 atom stereocenters. The van der Waals surface area contributed by atoms with Crippen molar-refractivity contribution in [2.45, 2.75) is 6.42 Å². The zero-order valence-corrected chi connectivity index (χ0v) is 10.9. The van der Waals surface area contributed by atoms with Gasteiger partial charge in [0.1, 0.15) is 6.29 Å². The molecule has 0 aliphatic heterocycles. The van der Waals surface area contributed by atoms with Crippen LogP contribution in [0.25, 0.3) is 0 Å².